The zero-order chi connectivity index (χ0) is 12.3. The largest absolute Gasteiger partial charge is 0.386 e. The van der Waals surface area contributed by atoms with Crippen LogP contribution < -0.4 is 5.73 Å². The quantitative estimate of drug-likeness (QED) is 0.517. The van der Waals surface area contributed by atoms with Gasteiger partial charge in [0.15, 0.2) is 0 Å². The summed E-state index contributed by atoms with van der Waals surface area (Å²) in [5.41, 5.74) is 7.19. The van der Waals surface area contributed by atoms with Crippen LogP contribution in [0.4, 0.5) is 5.69 Å². The van der Waals surface area contributed by atoms with Crippen molar-refractivity contribution in [1.82, 2.24) is 4.57 Å². The number of halogens is 2. The molecular formula is C12H11Cl2N3. The number of nitrogens with two attached hydrogens (primary N) is 1. The number of alkyl halides is 1. The Hall–Kier alpha value is -1.45. The average Bonchev–Trinajstić information content (AvgIpc) is 2.85. The highest BCUT2D eigenvalue weighted by Gasteiger charge is 2.03. The first-order valence-corrected chi connectivity index (χ1v) is 5.94. The molecule has 2 rings (SSSR count). The smallest absolute Gasteiger partial charge is 0.115 e. The summed E-state index contributed by atoms with van der Waals surface area (Å²) in [4.78, 5) is 4.16. The molecule has 0 radical (unpaired) electrons. The van der Waals surface area contributed by atoms with Crippen molar-refractivity contribution in [2.24, 2.45) is 10.7 Å². The minimum absolute atomic E-state index is 0.185. The lowest BCUT2D eigenvalue weighted by Crippen LogP contribution is -2.12. The van der Waals surface area contributed by atoms with E-state index in [4.69, 9.17) is 28.9 Å². The maximum Gasteiger partial charge on any atom is 0.115 e. The Morgan fingerprint density at radius 2 is 2.00 bits per heavy atom. The first kappa shape index (κ1) is 12.0. The van der Waals surface area contributed by atoms with E-state index < -0.39 is 0 Å². The molecule has 88 valence electrons. The van der Waals surface area contributed by atoms with Crippen molar-refractivity contribution in [1.29, 1.82) is 0 Å². The van der Waals surface area contributed by atoms with E-state index in [1.54, 1.807) is 6.07 Å². The minimum Gasteiger partial charge on any atom is -0.386 e. The van der Waals surface area contributed by atoms with Gasteiger partial charge in [-0.15, -0.1) is 11.6 Å². The molecule has 3 nitrogen and oxygen atoms in total. The fourth-order valence-corrected chi connectivity index (χ4v) is 1.66. The molecule has 17 heavy (non-hydrogen) atoms. The van der Waals surface area contributed by atoms with E-state index >= 15 is 0 Å². The maximum atomic E-state index is 6.04. The fraction of sp³-hybridized carbons (Fsp3) is 0.0833. The highest BCUT2D eigenvalue weighted by atomic mass is 35.5. The van der Waals surface area contributed by atoms with Crippen LogP contribution in [0.15, 0.2) is 47.7 Å². The van der Waals surface area contributed by atoms with Crippen molar-refractivity contribution < 1.29 is 0 Å². The van der Waals surface area contributed by atoms with Crippen LogP contribution in [0.25, 0.3) is 5.69 Å². The van der Waals surface area contributed by atoms with Crippen molar-refractivity contribution in [2.75, 3.05) is 5.88 Å². The molecule has 0 amide bonds. The number of nitrogens with zero attached hydrogens (tertiary/aromatic N) is 2. The zero-order valence-electron chi connectivity index (χ0n) is 8.98. The summed E-state index contributed by atoms with van der Waals surface area (Å²) < 4.78 is 1.96. The van der Waals surface area contributed by atoms with Crippen molar-refractivity contribution in [3.8, 4) is 5.69 Å². The zero-order valence-corrected chi connectivity index (χ0v) is 10.5. The van der Waals surface area contributed by atoms with Crippen molar-refractivity contribution >= 4 is 34.7 Å². The second kappa shape index (κ2) is 5.25. The van der Waals surface area contributed by atoms with Gasteiger partial charge >= 0.3 is 0 Å². The standard InChI is InChI=1S/C12H11Cl2N3/c13-8-12(15)16-11-7-9(3-4-10(11)14)17-5-1-2-6-17/h1-7H,8H2,(H2,15,16). The third-order valence-corrected chi connectivity index (χ3v) is 2.83. The van der Waals surface area contributed by atoms with Crippen LogP contribution in [0.5, 0.6) is 0 Å². The number of hydrogen-bond donors (Lipinski definition) is 1. The van der Waals surface area contributed by atoms with Crippen LogP contribution in [0.2, 0.25) is 5.02 Å². The van der Waals surface area contributed by atoms with Gasteiger partial charge in [0.25, 0.3) is 0 Å². The Balaban J connectivity index is 2.43. The molecule has 0 spiro atoms. The molecule has 0 atom stereocenters. The van der Waals surface area contributed by atoms with Gasteiger partial charge in [0.05, 0.1) is 16.6 Å². The van der Waals surface area contributed by atoms with Crippen molar-refractivity contribution in [3.63, 3.8) is 0 Å². The molecule has 0 saturated carbocycles. The molecule has 0 fully saturated rings. The molecule has 5 heteroatoms. The van der Waals surface area contributed by atoms with Crippen LogP contribution in [0, 0.1) is 0 Å². The summed E-state index contributed by atoms with van der Waals surface area (Å²) in [6.07, 6.45) is 3.89. The SMILES string of the molecule is NC(CCl)=Nc1cc(-n2cccc2)ccc1Cl. The normalized spacial score (nSPS) is 11.8. The van der Waals surface area contributed by atoms with E-state index in [9.17, 15) is 0 Å². The van der Waals surface area contributed by atoms with Crippen molar-refractivity contribution in [3.05, 3.63) is 47.7 Å². The number of amidine groups is 1. The van der Waals surface area contributed by atoms with Gasteiger partial charge in [-0.25, -0.2) is 4.99 Å². The Bertz CT molecular complexity index is 533. The lowest BCUT2D eigenvalue weighted by molar-refractivity contribution is 1.08. The lowest BCUT2D eigenvalue weighted by Gasteiger charge is -2.06. The first-order valence-electron chi connectivity index (χ1n) is 5.02. The first-order chi connectivity index (χ1) is 8.20. The molecule has 0 bridgehead atoms. The number of rotatable bonds is 3. The van der Waals surface area contributed by atoms with Gasteiger partial charge in [0, 0.05) is 18.1 Å². The molecule has 1 aromatic heterocycles. The minimum atomic E-state index is 0.185. The van der Waals surface area contributed by atoms with Crippen LogP contribution in [0.3, 0.4) is 0 Å². The van der Waals surface area contributed by atoms with Crippen LogP contribution >= 0.6 is 23.2 Å². The highest BCUT2D eigenvalue weighted by Crippen LogP contribution is 2.27. The van der Waals surface area contributed by atoms with Gasteiger partial charge in [-0.1, -0.05) is 11.6 Å². The Morgan fingerprint density at radius 1 is 1.29 bits per heavy atom. The molecule has 0 aliphatic heterocycles. The van der Waals surface area contributed by atoms with Crippen molar-refractivity contribution in [2.45, 2.75) is 0 Å². The maximum absolute atomic E-state index is 6.04. The molecule has 1 heterocycles. The predicted molar refractivity (Wildman–Crippen MR) is 72.8 cm³/mol. The molecular weight excluding hydrogens is 257 g/mol. The summed E-state index contributed by atoms with van der Waals surface area (Å²) in [7, 11) is 0. The lowest BCUT2D eigenvalue weighted by atomic mass is 10.2. The van der Waals surface area contributed by atoms with Gasteiger partial charge in [-0.2, -0.15) is 0 Å². The number of aromatic nitrogens is 1. The molecule has 0 aliphatic carbocycles. The molecule has 0 saturated heterocycles. The van der Waals surface area contributed by atoms with Crippen LogP contribution in [-0.2, 0) is 0 Å². The Morgan fingerprint density at radius 3 is 2.65 bits per heavy atom. The number of aliphatic imine (C=N–C) groups is 1. The molecule has 0 aliphatic rings. The summed E-state index contributed by atoms with van der Waals surface area (Å²) in [5, 5.41) is 0.550. The molecule has 1 aromatic carbocycles. The average molecular weight is 268 g/mol. The van der Waals surface area contributed by atoms with E-state index in [-0.39, 0.29) is 5.88 Å². The molecule has 2 aromatic rings. The Labute approximate surface area is 109 Å². The van der Waals surface area contributed by atoms with E-state index in [1.165, 1.54) is 0 Å². The van der Waals surface area contributed by atoms with E-state index in [0.717, 1.165) is 5.69 Å². The topological polar surface area (TPSA) is 43.3 Å². The number of hydrogen-bond acceptors (Lipinski definition) is 1. The van der Waals surface area contributed by atoms with Crippen LogP contribution in [-0.4, -0.2) is 16.3 Å². The van der Waals surface area contributed by atoms with E-state index in [2.05, 4.69) is 4.99 Å². The monoisotopic (exact) mass is 267 g/mol. The van der Waals surface area contributed by atoms with Gasteiger partial charge in [-0.3, -0.25) is 0 Å². The third kappa shape index (κ3) is 2.81. The summed E-state index contributed by atoms with van der Waals surface area (Å²) >= 11 is 11.6. The highest BCUT2D eigenvalue weighted by molar-refractivity contribution is 6.33. The predicted octanol–water partition coefficient (Wildman–Crippen LogP) is 3.36. The summed E-state index contributed by atoms with van der Waals surface area (Å²) in [6, 6.07) is 9.46. The summed E-state index contributed by atoms with van der Waals surface area (Å²) in [6.45, 7) is 0. The third-order valence-electron chi connectivity index (χ3n) is 2.23. The Kier molecular flexibility index (Phi) is 3.71. The van der Waals surface area contributed by atoms with Gasteiger partial charge in [-0.05, 0) is 30.3 Å². The van der Waals surface area contributed by atoms with Gasteiger partial charge in [0.1, 0.15) is 5.84 Å². The second-order valence-electron chi connectivity index (χ2n) is 3.46. The fourth-order valence-electron chi connectivity index (χ4n) is 1.44. The van der Waals surface area contributed by atoms with Gasteiger partial charge < -0.3 is 10.3 Å². The summed E-state index contributed by atoms with van der Waals surface area (Å²) in [5.74, 6) is 0.530. The van der Waals surface area contributed by atoms with Crippen LogP contribution in [0.1, 0.15) is 0 Å². The molecule has 2 N–H and O–H groups in total. The van der Waals surface area contributed by atoms with E-state index in [1.807, 2.05) is 41.2 Å². The van der Waals surface area contributed by atoms with E-state index in [0.29, 0.717) is 16.5 Å². The number of benzene rings is 1. The molecule has 0 unspecified atom stereocenters. The second-order valence-corrected chi connectivity index (χ2v) is 4.14. The van der Waals surface area contributed by atoms with Gasteiger partial charge in [0.2, 0.25) is 0 Å².